The monoisotopic (exact) mass is 367 g/mol. The SMILES string of the molecule is Cc1cccc(-n2nnnc2SCCn2nc3ccccn3c2=O)c1C. The first kappa shape index (κ1) is 16.5. The van der Waals surface area contributed by atoms with Gasteiger partial charge in [0, 0.05) is 11.9 Å². The predicted molar refractivity (Wildman–Crippen MR) is 98.8 cm³/mol. The van der Waals surface area contributed by atoms with Crippen LogP contribution in [0, 0.1) is 13.8 Å². The van der Waals surface area contributed by atoms with Crippen molar-refractivity contribution in [1.29, 1.82) is 0 Å². The van der Waals surface area contributed by atoms with Crippen molar-refractivity contribution < 1.29 is 0 Å². The van der Waals surface area contributed by atoms with Crippen LogP contribution >= 0.6 is 11.8 Å². The van der Waals surface area contributed by atoms with Gasteiger partial charge in [0.15, 0.2) is 5.65 Å². The second kappa shape index (κ2) is 6.75. The fourth-order valence-corrected chi connectivity index (χ4v) is 3.52. The van der Waals surface area contributed by atoms with Crippen LogP contribution in [0.4, 0.5) is 0 Å². The molecule has 0 atom stereocenters. The summed E-state index contributed by atoms with van der Waals surface area (Å²) in [5, 5.41) is 17.0. The molecule has 0 unspecified atom stereocenters. The van der Waals surface area contributed by atoms with Gasteiger partial charge in [0.2, 0.25) is 5.16 Å². The standard InChI is InChI=1S/C17H17N7OS/c1-12-6-5-7-14(13(12)2)24-16(18-20-21-24)26-11-10-23-17(25)22-9-4-3-8-15(22)19-23/h3-9H,10-11H2,1-2H3. The van der Waals surface area contributed by atoms with Gasteiger partial charge >= 0.3 is 5.69 Å². The lowest BCUT2D eigenvalue weighted by molar-refractivity contribution is 0.638. The summed E-state index contributed by atoms with van der Waals surface area (Å²) in [7, 11) is 0. The maximum absolute atomic E-state index is 12.3. The molecule has 26 heavy (non-hydrogen) atoms. The third-order valence-corrected chi connectivity index (χ3v) is 5.17. The quantitative estimate of drug-likeness (QED) is 0.501. The van der Waals surface area contributed by atoms with Crippen LogP contribution in [-0.4, -0.2) is 40.1 Å². The van der Waals surface area contributed by atoms with E-state index >= 15 is 0 Å². The summed E-state index contributed by atoms with van der Waals surface area (Å²) in [6.07, 6.45) is 1.72. The lowest BCUT2D eigenvalue weighted by Crippen LogP contribution is -2.22. The first-order valence-corrected chi connectivity index (χ1v) is 9.15. The zero-order valence-corrected chi connectivity index (χ0v) is 15.2. The smallest absolute Gasteiger partial charge is 0.250 e. The highest BCUT2D eigenvalue weighted by Crippen LogP contribution is 2.22. The third-order valence-electron chi connectivity index (χ3n) is 4.27. The summed E-state index contributed by atoms with van der Waals surface area (Å²) in [5.41, 5.74) is 3.78. The number of fused-ring (bicyclic) bond motifs is 1. The Kier molecular flexibility index (Phi) is 4.29. The van der Waals surface area contributed by atoms with Gasteiger partial charge < -0.3 is 0 Å². The molecule has 0 saturated carbocycles. The molecular weight excluding hydrogens is 350 g/mol. The zero-order valence-electron chi connectivity index (χ0n) is 14.4. The second-order valence-electron chi connectivity index (χ2n) is 5.88. The maximum Gasteiger partial charge on any atom is 0.350 e. The highest BCUT2D eigenvalue weighted by molar-refractivity contribution is 7.99. The van der Waals surface area contributed by atoms with E-state index in [2.05, 4.69) is 40.5 Å². The minimum atomic E-state index is -0.143. The van der Waals surface area contributed by atoms with Gasteiger partial charge in [0.25, 0.3) is 0 Å². The third kappa shape index (κ3) is 2.90. The first-order chi connectivity index (χ1) is 12.6. The van der Waals surface area contributed by atoms with Crippen molar-refractivity contribution in [2.24, 2.45) is 0 Å². The molecule has 0 radical (unpaired) electrons. The fourth-order valence-electron chi connectivity index (χ4n) is 2.72. The minimum absolute atomic E-state index is 0.143. The Morgan fingerprint density at radius 1 is 1.12 bits per heavy atom. The summed E-state index contributed by atoms with van der Waals surface area (Å²) in [4.78, 5) is 12.3. The molecule has 0 aliphatic carbocycles. The lowest BCUT2D eigenvalue weighted by atomic mass is 10.1. The van der Waals surface area contributed by atoms with Crippen molar-refractivity contribution in [2.45, 2.75) is 25.5 Å². The Bertz CT molecular complexity index is 1130. The number of aryl methyl sites for hydroxylation is 2. The van der Waals surface area contributed by atoms with Gasteiger partial charge in [-0.1, -0.05) is 30.0 Å². The molecule has 4 aromatic rings. The van der Waals surface area contributed by atoms with Crippen molar-refractivity contribution in [3.63, 3.8) is 0 Å². The molecule has 0 N–H and O–H groups in total. The molecule has 0 amide bonds. The molecule has 8 nitrogen and oxygen atoms in total. The van der Waals surface area contributed by atoms with E-state index in [9.17, 15) is 4.79 Å². The van der Waals surface area contributed by atoms with E-state index in [0.29, 0.717) is 23.1 Å². The number of benzene rings is 1. The van der Waals surface area contributed by atoms with Crippen molar-refractivity contribution in [3.05, 3.63) is 64.2 Å². The molecule has 0 aliphatic rings. The van der Waals surface area contributed by atoms with Gasteiger partial charge in [-0.3, -0.25) is 4.40 Å². The van der Waals surface area contributed by atoms with Crippen LogP contribution in [0.3, 0.4) is 0 Å². The Labute approximate surface area is 153 Å². The Balaban J connectivity index is 1.52. The topological polar surface area (TPSA) is 82.9 Å². The zero-order chi connectivity index (χ0) is 18.1. The summed E-state index contributed by atoms with van der Waals surface area (Å²) < 4.78 is 4.73. The van der Waals surface area contributed by atoms with Gasteiger partial charge in [0.05, 0.1) is 12.2 Å². The molecule has 0 fully saturated rings. The van der Waals surface area contributed by atoms with E-state index in [1.165, 1.54) is 26.4 Å². The number of pyridine rings is 1. The Morgan fingerprint density at radius 3 is 2.85 bits per heavy atom. The Morgan fingerprint density at radius 2 is 2.00 bits per heavy atom. The van der Waals surface area contributed by atoms with Crippen LogP contribution < -0.4 is 5.69 Å². The largest absolute Gasteiger partial charge is 0.350 e. The van der Waals surface area contributed by atoms with Crippen LogP contribution in [0.25, 0.3) is 11.3 Å². The molecule has 3 heterocycles. The van der Waals surface area contributed by atoms with Crippen LogP contribution in [0.15, 0.2) is 52.5 Å². The van der Waals surface area contributed by atoms with Gasteiger partial charge in [-0.05, 0) is 53.6 Å². The van der Waals surface area contributed by atoms with Crippen molar-refractivity contribution in [1.82, 2.24) is 34.4 Å². The molecule has 4 rings (SSSR count). The van der Waals surface area contributed by atoms with Gasteiger partial charge in [-0.2, -0.15) is 4.68 Å². The molecule has 9 heteroatoms. The molecule has 1 aromatic carbocycles. The number of thioether (sulfide) groups is 1. The molecule has 0 bridgehead atoms. The van der Waals surface area contributed by atoms with Crippen LogP contribution in [-0.2, 0) is 6.54 Å². The van der Waals surface area contributed by atoms with Gasteiger partial charge in [-0.15, -0.1) is 10.2 Å². The summed E-state index contributed by atoms with van der Waals surface area (Å²) >= 11 is 1.49. The van der Waals surface area contributed by atoms with E-state index in [1.807, 2.05) is 30.3 Å². The Hall–Kier alpha value is -2.94. The highest BCUT2D eigenvalue weighted by Gasteiger charge is 2.13. The average molecular weight is 367 g/mol. The van der Waals surface area contributed by atoms with E-state index in [4.69, 9.17) is 0 Å². The van der Waals surface area contributed by atoms with Crippen LogP contribution in [0.2, 0.25) is 0 Å². The predicted octanol–water partition coefficient (Wildman–Crippen LogP) is 1.88. The van der Waals surface area contributed by atoms with Gasteiger partial charge in [0.1, 0.15) is 0 Å². The molecule has 0 saturated heterocycles. The van der Waals surface area contributed by atoms with E-state index in [1.54, 1.807) is 10.9 Å². The molecular formula is C17H17N7OS. The van der Waals surface area contributed by atoms with Crippen molar-refractivity contribution in [3.8, 4) is 5.69 Å². The highest BCUT2D eigenvalue weighted by atomic mass is 32.2. The number of hydrogen-bond acceptors (Lipinski definition) is 6. The summed E-state index contributed by atoms with van der Waals surface area (Å²) in [6.45, 7) is 4.59. The molecule has 132 valence electrons. The maximum atomic E-state index is 12.3. The van der Waals surface area contributed by atoms with E-state index < -0.39 is 0 Å². The fraction of sp³-hybridized carbons (Fsp3) is 0.235. The average Bonchev–Trinajstić information content (AvgIpc) is 3.23. The number of rotatable bonds is 5. The summed E-state index contributed by atoms with van der Waals surface area (Å²) in [5.74, 6) is 0.634. The van der Waals surface area contributed by atoms with E-state index in [-0.39, 0.29) is 5.69 Å². The van der Waals surface area contributed by atoms with Crippen LogP contribution in [0.1, 0.15) is 11.1 Å². The number of nitrogens with zero attached hydrogens (tertiary/aromatic N) is 7. The molecule has 0 spiro atoms. The van der Waals surface area contributed by atoms with E-state index in [0.717, 1.165) is 11.3 Å². The van der Waals surface area contributed by atoms with Gasteiger partial charge in [-0.25, -0.2) is 9.48 Å². The van der Waals surface area contributed by atoms with Crippen molar-refractivity contribution in [2.75, 3.05) is 5.75 Å². The summed E-state index contributed by atoms with van der Waals surface area (Å²) in [6, 6.07) is 11.5. The van der Waals surface area contributed by atoms with Crippen molar-refractivity contribution >= 4 is 17.4 Å². The van der Waals surface area contributed by atoms with Crippen LogP contribution in [0.5, 0.6) is 0 Å². The molecule has 0 aliphatic heterocycles. The second-order valence-corrected chi connectivity index (χ2v) is 6.94. The number of tetrazole rings is 1. The first-order valence-electron chi connectivity index (χ1n) is 8.17. The minimum Gasteiger partial charge on any atom is -0.250 e. The molecule has 3 aromatic heterocycles. The normalized spacial score (nSPS) is 11.3. The number of aromatic nitrogens is 7. The lowest BCUT2D eigenvalue weighted by Gasteiger charge is -2.09. The number of hydrogen-bond donors (Lipinski definition) is 0.